The lowest BCUT2D eigenvalue weighted by molar-refractivity contribution is -0.115. The molecular formula is C16H21NO. The van der Waals surface area contributed by atoms with Crippen LogP contribution in [-0.4, -0.2) is 5.78 Å². The monoisotopic (exact) mass is 243 g/mol. The minimum absolute atomic E-state index is 0.310. The number of carbonyl (C=O) groups is 1. The molecule has 0 aromatic heterocycles. The summed E-state index contributed by atoms with van der Waals surface area (Å²) in [6, 6.07) is 6.20. The number of carbonyl (C=O) groups excluding carboxylic acids is 1. The second-order valence-corrected chi connectivity index (χ2v) is 5.05. The minimum atomic E-state index is 0.310. The van der Waals surface area contributed by atoms with E-state index in [1.54, 1.807) is 0 Å². The Bertz CT molecular complexity index is 474. The molecule has 0 aliphatic heterocycles. The predicted molar refractivity (Wildman–Crippen MR) is 75.7 cm³/mol. The van der Waals surface area contributed by atoms with Gasteiger partial charge in [-0.1, -0.05) is 18.6 Å². The Labute approximate surface area is 109 Å². The first-order chi connectivity index (χ1) is 8.68. The summed E-state index contributed by atoms with van der Waals surface area (Å²) in [5, 5.41) is 3.30. The third-order valence-corrected chi connectivity index (χ3v) is 3.71. The van der Waals surface area contributed by atoms with Crippen molar-refractivity contribution in [1.82, 2.24) is 0 Å². The number of rotatable bonds is 2. The molecular weight excluding hydrogens is 222 g/mol. The van der Waals surface area contributed by atoms with E-state index in [2.05, 4.69) is 31.3 Å². The summed E-state index contributed by atoms with van der Waals surface area (Å²) in [6.45, 7) is 4.20. The van der Waals surface area contributed by atoms with Crippen LogP contribution in [0.15, 0.2) is 30.0 Å². The third kappa shape index (κ3) is 3.00. The van der Waals surface area contributed by atoms with E-state index in [-0.39, 0.29) is 0 Å². The molecule has 0 heterocycles. The van der Waals surface area contributed by atoms with Gasteiger partial charge in [-0.15, -0.1) is 0 Å². The van der Waals surface area contributed by atoms with Gasteiger partial charge in [0, 0.05) is 23.9 Å². The van der Waals surface area contributed by atoms with Gasteiger partial charge in [0.25, 0.3) is 0 Å². The van der Waals surface area contributed by atoms with Crippen LogP contribution in [0, 0.1) is 13.8 Å². The molecule has 2 rings (SSSR count). The molecule has 1 fully saturated rings. The fourth-order valence-electron chi connectivity index (χ4n) is 2.30. The molecule has 18 heavy (non-hydrogen) atoms. The average Bonchev–Trinajstić information content (AvgIpc) is 2.56. The number of allylic oxidation sites excluding steroid dienone is 1. The topological polar surface area (TPSA) is 29.1 Å². The SMILES string of the molecule is Cc1cccc(N/C=C2\CCCCCC2=O)c1C. The van der Waals surface area contributed by atoms with Crippen molar-refractivity contribution in [3.05, 3.63) is 41.1 Å². The number of hydrogen-bond acceptors (Lipinski definition) is 2. The van der Waals surface area contributed by atoms with Gasteiger partial charge in [0.1, 0.15) is 0 Å². The van der Waals surface area contributed by atoms with Crippen molar-refractivity contribution in [2.45, 2.75) is 46.0 Å². The standard InChI is InChI=1S/C16H21NO/c1-12-7-6-9-15(13(12)2)17-11-14-8-4-3-5-10-16(14)18/h6-7,9,11,17H,3-5,8,10H2,1-2H3/b14-11+. The normalized spacial score (nSPS) is 18.8. The fourth-order valence-corrected chi connectivity index (χ4v) is 2.30. The predicted octanol–water partition coefficient (Wildman–Crippen LogP) is 4.13. The zero-order valence-corrected chi connectivity index (χ0v) is 11.3. The number of benzene rings is 1. The van der Waals surface area contributed by atoms with Gasteiger partial charge < -0.3 is 5.32 Å². The largest absolute Gasteiger partial charge is 0.361 e. The van der Waals surface area contributed by atoms with E-state index < -0.39 is 0 Å². The highest BCUT2D eigenvalue weighted by Gasteiger charge is 2.13. The molecule has 1 aromatic carbocycles. The summed E-state index contributed by atoms with van der Waals surface area (Å²) in [4.78, 5) is 11.9. The highest BCUT2D eigenvalue weighted by Crippen LogP contribution is 2.21. The Morgan fingerprint density at radius 3 is 2.72 bits per heavy atom. The molecule has 0 atom stereocenters. The molecule has 2 heteroatoms. The van der Waals surface area contributed by atoms with Gasteiger partial charge in [-0.25, -0.2) is 0 Å². The molecule has 0 unspecified atom stereocenters. The average molecular weight is 243 g/mol. The van der Waals surface area contributed by atoms with E-state index in [1.165, 1.54) is 17.5 Å². The van der Waals surface area contributed by atoms with Gasteiger partial charge in [0.05, 0.1) is 0 Å². The van der Waals surface area contributed by atoms with Crippen molar-refractivity contribution in [1.29, 1.82) is 0 Å². The molecule has 0 amide bonds. The summed E-state index contributed by atoms with van der Waals surface area (Å²) in [5.74, 6) is 0.310. The summed E-state index contributed by atoms with van der Waals surface area (Å²) in [6.07, 6.45) is 6.88. The smallest absolute Gasteiger partial charge is 0.160 e. The first kappa shape index (κ1) is 12.9. The molecule has 2 nitrogen and oxygen atoms in total. The van der Waals surface area contributed by atoms with Crippen LogP contribution in [0.25, 0.3) is 0 Å². The molecule has 1 saturated carbocycles. The van der Waals surface area contributed by atoms with Gasteiger partial charge in [0.2, 0.25) is 0 Å². The van der Waals surface area contributed by atoms with E-state index in [4.69, 9.17) is 0 Å². The van der Waals surface area contributed by atoms with Crippen LogP contribution in [0.5, 0.6) is 0 Å². The maximum absolute atomic E-state index is 11.9. The van der Waals surface area contributed by atoms with Crippen molar-refractivity contribution in [3.63, 3.8) is 0 Å². The molecule has 0 bridgehead atoms. The van der Waals surface area contributed by atoms with Crippen LogP contribution in [0.4, 0.5) is 5.69 Å². The maximum atomic E-state index is 11.9. The van der Waals surface area contributed by atoms with Crippen molar-refractivity contribution >= 4 is 11.5 Å². The number of aryl methyl sites for hydroxylation is 1. The van der Waals surface area contributed by atoms with Crippen LogP contribution in [0.1, 0.15) is 43.2 Å². The molecule has 0 radical (unpaired) electrons. The molecule has 1 aliphatic rings. The quantitative estimate of drug-likeness (QED) is 0.625. The van der Waals surface area contributed by atoms with Crippen LogP contribution < -0.4 is 5.32 Å². The molecule has 0 spiro atoms. The second kappa shape index (κ2) is 5.85. The third-order valence-electron chi connectivity index (χ3n) is 3.71. The minimum Gasteiger partial charge on any atom is -0.361 e. The summed E-state index contributed by atoms with van der Waals surface area (Å²) < 4.78 is 0. The van der Waals surface area contributed by atoms with Crippen LogP contribution in [0.3, 0.4) is 0 Å². The van der Waals surface area contributed by atoms with E-state index in [9.17, 15) is 4.79 Å². The van der Waals surface area contributed by atoms with Gasteiger partial charge >= 0.3 is 0 Å². The zero-order valence-electron chi connectivity index (χ0n) is 11.3. The van der Waals surface area contributed by atoms with Crippen molar-refractivity contribution in [2.75, 3.05) is 5.32 Å². The van der Waals surface area contributed by atoms with Gasteiger partial charge in [-0.2, -0.15) is 0 Å². The fraction of sp³-hybridized carbons (Fsp3) is 0.438. The van der Waals surface area contributed by atoms with E-state index in [0.29, 0.717) is 12.2 Å². The van der Waals surface area contributed by atoms with Crippen molar-refractivity contribution in [2.24, 2.45) is 0 Å². The number of ketones is 1. The molecule has 1 aromatic rings. The highest BCUT2D eigenvalue weighted by molar-refractivity contribution is 5.95. The van der Waals surface area contributed by atoms with E-state index in [1.807, 2.05) is 12.3 Å². The number of Topliss-reactive ketones (excluding diaryl/α,β-unsaturated/α-hetero) is 1. The Morgan fingerprint density at radius 1 is 1.11 bits per heavy atom. The van der Waals surface area contributed by atoms with Crippen molar-refractivity contribution in [3.8, 4) is 0 Å². The molecule has 0 saturated heterocycles. The number of anilines is 1. The molecule has 1 N–H and O–H groups in total. The van der Waals surface area contributed by atoms with Crippen LogP contribution in [-0.2, 0) is 4.79 Å². The Balaban J connectivity index is 2.13. The van der Waals surface area contributed by atoms with E-state index >= 15 is 0 Å². The first-order valence-corrected chi connectivity index (χ1v) is 6.73. The summed E-state index contributed by atoms with van der Waals surface area (Å²) in [7, 11) is 0. The molecule has 96 valence electrons. The lowest BCUT2D eigenvalue weighted by Crippen LogP contribution is -2.03. The summed E-state index contributed by atoms with van der Waals surface area (Å²) >= 11 is 0. The second-order valence-electron chi connectivity index (χ2n) is 5.05. The summed E-state index contributed by atoms with van der Waals surface area (Å²) in [5.41, 5.74) is 4.56. The van der Waals surface area contributed by atoms with Gasteiger partial charge in [-0.05, 0) is 50.3 Å². The van der Waals surface area contributed by atoms with Gasteiger partial charge in [0.15, 0.2) is 5.78 Å². The maximum Gasteiger partial charge on any atom is 0.160 e. The lowest BCUT2D eigenvalue weighted by atomic mass is 10.1. The lowest BCUT2D eigenvalue weighted by Gasteiger charge is -2.09. The molecule has 1 aliphatic carbocycles. The highest BCUT2D eigenvalue weighted by atomic mass is 16.1. The Morgan fingerprint density at radius 2 is 1.89 bits per heavy atom. The van der Waals surface area contributed by atoms with Crippen LogP contribution >= 0.6 is 0 Å². The number of hydrogen-bond donors (Lipinski definition) is 1. The number of nitrogens with one attached hydrogen (secondary N) is 1. The Kier molecular flexibility index (Phi) is 4.19. The van der Waals surface area contributed by atoms with E-state index in [0.717, 1.165) is 30.5 Å². The van der Waals surface area contributed by atoms with Crippen LogP contribution in [0.2, 0.25) is 0 Å². The Hall–Kier alpha value is -1.57. The zero-order chi connectivity index (χ0) is 13.0. The van der Waals surface area contributed by atoms with Gasteiger partial charge in [-0.3, -0.25) is 4.79 Å². The van der Waals surface area contributed by atoms with Crippen molar-refractivity contribution < 1.29 is 4.79 Å². The first-order valence-electron chi connectivity index (χ1n) is 6.73.